The van der Waals surface area contributed by atoms with E-state index in [0.29, 0.717) is 6.42 Å². The topological polar surface area (TPSA) is 61.4 Å². The number of rotatable bonds is 4. The summed E-state index contributed by atoms with van der Waals surface area (Å²) in [6.45, 7) is 4.82. The zero-order chi connectivity index (χ0) is 13.1. The van der Waals surface area contributed by atoms with Crippen LogP contribution in [0.2, 0.25) is 0 Å². The number of amides is 1. The zero-order valence-electron chi connectivity index (χ0n) is 10.9. The average molecular weight is 248 g/mol. The van der Waals surface area contributed by atoms with E-state index in [1.165, 1.54) is 0 Å². The van der Waals surface area contributed by atoms with E-state index in [1.807, 2.05) is 32.0 Å². The summed E-state index contributed by atoms with van der Waals surface area (Å²) in [6, 6.07) is 5.77. The lowest BCUT2D eigenvalue weighted by molar-refractivity contribution is -0.116. The summed E-state index contributed by atoms with van der Waals surface area (Å²) in [4.78, 5) is 11.3. The maximum Gasteiger partial charge on any atom is 0.224 e. The second-order valence-corrected chi connectivity index (χ2v) is 4.76. The first-order chi connectivity index (χ1) is 8.61. The molecule has 0 bridgehead atoms. The summed E-state index contributed by atoms with van der Waals surface area (Å²) in [6.07, 6.45) is 0.750. The number of nitrogens with one attached hydrogen (secondary N) is 2. The van der Waals surface area contributed by atoms with E-state index >= 15 is 0 Å². The van der Waals surface area contributed by atoms with Crippen molar-refractivity contribution < 1.29 is 9.90 Å². The van der Waals surface area contributed by atoms with Crippen LogP contribution in [0.25, 0.3) is 0 Å². The molecule has 2 rings (SSSR count). The molecule has 1 aliphatic rings. The van der Waals surface area contributed by atoms with Crippen LogP contribution in [-0.2, 0) is 11.2 Å². The van der Waals surface area contributed by atoms with Crippen molar-refractivity contribution in [2.24, 2.45) is 0 Å². The Kier molecular flexibility index (Phi) is 3.99. The number of fused-ring (bicyclic) bond motifs is 1. The molecule has 0 radical (unpaired) electrons. The van der Waals surface area contributed by atoms with Crippen LogP contribution in [-0.4, -0.2) is 23.6 Å². The molecule has 0 saturated heterocycles. The highest BCUT2D eigenvalue weighted by atomic mass is 16.3. The molecular weight excluding hydrogens is 228 g/mol. The summed E-state index contributed by atoms with van der Waals surface area (Å²) in [5.41, 5.74) is 2.88. The number of carbonyl (C=O) groups excluding carboxylic acids is 1. The van der Waals surface area contributed by atoms with Gasteiger partial charge in [-0.3, -0.25) is 4.79 Å². The molecule has 0 spiro atoms. The van der Waals surface area contributed by atoms with E-state index in [2.05, 4.69) is 10.6 Å². The molecule has 3 N–H and O–H groups in total. The van der Waals surface area contributed by atoms with Gasteiger partial charge in [0.2, 0.25) is 5.91 Å². The third kappa shape index (κ3) is 2.71. The van der Waals surface area contributed by atoms with E-state index in [-0.39, 0.29) is 11.9 Å². The molecule has 1 heterocycles. The number of benzene rings is 1. The Balaban J connectivity index is 2.18. The third-order valence-corrected chi connectivity index (χ3v) is 3.37. The lowest BCUT2D eigenvalue weighted by atomic mass is 9.96. The van der Waals surface area contributed by atoms with Crippen LogP contribution < -0.4 is 10.6 Å². The fraction of sp³-hybridized carbons (Fsp3) is 0.500. The van der Waals surface area contributed by atoms with Gasteiger partial charge in [-0.1, -0.05) is 19.1 Å². The van der Waals surface area contributed by atoms with Crippen LogP contribution >= 0.6 is 0 Å². The molecule has 0 saturated carbocycles. The van der Waals surface area contributed by atoms with Gasteiger partial charge in [0.05, 0.1) is 6.10 Å². The van der Waals surface area contributed by atoms with Crippen LogP contribution in [0.5, 0.6) is 0 Å². The monoisotopic (exact) mass is 248 g/mol. The first-order valence-electron chi connectivity index (χ1n) is 6.46. The molecule has 1 aromatic carbocycles. The van der Waals surface area contributed by atoms with Crippen molar-refractivity contribution in [3.8, 4) is 0 Å². The quantitative estimate of drug-likeness (QED) is 0.758. The maximum absolute atomic E-state index is 11.3. The minimum Gasteiger partial charge on any atom is -0.387 e. The van der Waals surface area contributed by atoms with Gasteiger partial charge in [0.25, 0.3) is 0 Å². The number of hydrogen-bond donors (Lipinski definition) is 3. The van der Waals surface area contributed by atoms with Crippen molar-refractivity contribution in [3.63, 3.8) is 0 Å². The molecule has 4 heteroatoms. The fourth-order valence-corrected chi connectivity index (χ4v) is 2.31. The smallest absolute Gasteiger partial charge is 0.224 e. The third-order valence-electron chi connectivity index (χ3n) is 3.37. The highest BCUT2D eigenvalue weighted by Gasteiger charge is 2.19. The standard InChI is InChI=1S/C14H20N2O2/c1-3-15-9(2)14(18)11-4-6-12-10(8-11)5-7-13(17)16-12/h4,6,8-9,14-15,18H,3,5,7H2,1-2H3,(H,16,17). The van der Waals surface area contributed by atoms with Crippen molar-refractivity contribution in [3.05, 3.63) is 29.3 Å². The van der Waals surface area contributed by atoms with E-state index in [4.69, 9.17) is 0 Å². The first-order valence-corrected chi connectivity index (χ1v) is 6.46. The normalized spacial score (nSPS) is 17.8. The first kappa shape index (κ1) is 13.1. The highest BCUT2D eigenvalue weighted by molar-refractivity contribution is 5.93. The number of hydrogen-bond acceptors (Lipinski definition) is 3. The van der Waals surface area contributed by atoms with E-state index in [0.717, 1.165) is 29.8 Å². The van der Waals surface area contributed by atoms with Crippen molar-refractivity contribution >= 4 is 11.6 Å². The molecule has 0 fully saturated rings. The summed E-state index contributed by atoms with van der Waals surface area (Å²) in [5, 5.41) is 16.3. The van der Waals surface area contributed by atoms with E-state index in [9.17, 15) is 9.90 Å². The SMILES string of the molecule is CCNC(C)C(O)c1ccc2c(c1)CCC(=O)N2. The molecule has 1 aromatic rings. The fourth-order valence-electron chi connectivity index (χ4n) is 2.31. The largest absolute Gasteiger partial charge is 0.387 e. The number of likely N-dealkylation sites (N-methyl/N-ethyl adjacent to an activating group) is 1. The van der Waals surface area contributed by atoms with Crippen LogP contribution in [0.15, 0.2) is 18.2 Å². The second-order valence-electron chi connectivity index (χ2n) is 4.76. The number of carbonyl (C=O) groups is 1. The van der Waals surface area contributed by atoms with Gasteiger partial charge in [-0.15, -0.1) is 0 Å². The Hall–Kier alpha value is -1.39. The maximum atomic E-state index is 11.3. The predicted octanol–water partition coefficient (Wildman–Crippen LogP) is 1.60. The minimum absolute atomic E-state index is 0.0197. The molecule has 1 amide bonds. The summed E-state index contributed by atoms with van der Waals surface area (Å²) < 4.78 is 0. The van der Waals surface area contributed by atoms with Crippen molar-refractivity contribution in [2.75, 3.05) is 11.9 Å². The van der Waals surface area contributed by atoms with Gasteiger partial charge in [0, 0.05) is 18.2 Å². The zero-order valence-corrected chi connectivity index (χ0v) is 10.9. The summed E-state index contributed by atoms with van der Waals surface area (Å²) in [7, 11) is 0. The van der Waals surface area contributed by atoms with Crippen LogP contribution in [0.1, 0.15) is 37.5 Å². The molecule has 2 unspecified atom stereocenters. The minimum atomic E-state index is -0.520. The van der Waals surface area contributed by atoms with E-state index < -0.39 is 6.10 Å². The lowest BCUT2D eigenvalue weighted by Gasteiger charge is -2.23. The van der Waals surface area contributed by atoms with Gasteiger partial charge >= 0.3 is 0 Å². The van der Waals surface area contributed by atoms with Gasteiger partial charge in [-0.2, -0.15) is 0 Å². The molecule has 2 atom stereocenters. The van der Waals surface area contributed by atoms with Crippen LogP contribution in [0, 0.1) is 0 Å². The number of aliphatic hydroxyl groups excluding tert-OH is 1. The second kappa shape index (κ2) is 5.50. The van der Waals surface area contributed by atoms with Crippen molar-refractivity contribution in [1.82, 2.24) is 5.32 Å². The number of aryl methyl sites for hydroxylation is 1. The molecule has 18 heavy (non-hydrogen) atoms. The molecule has 0 aliphatic carbocycles. The highest BCUT2D eigenvalue weighted by Crippen LogP contribution is 2.27. The Labute approximate surface area is 107 Å². The Morgan fingerprint density at radius 3 is 2.94 bits per heavy atom. The molecule has 0 aromatic heterocycles. The van der Waals surface area contributed by atoms with Gasteiger partial charge in [0.15, 0.2) is 0 Å². The number of anilines is 1. The predicted molar refractivity (Wildman–Crippen MR) is 71.5 cm³/mol. The summed E-state index contributed by atoms with van der Waals surface area (Å²) in [5.74, 6) is 0.0665. The Bertz CT molecular complexity index is 445. The van der Waals surface area contributed by atoms with Gasteiger partial charge in [0.1, 0.15) is 0 Å². The number of aliphatic hydroxyl groups is 1. The van der Waals surface area contributed by atoms with E-state index in [1.54, 1.807) is 0 Å². The molecule has 98 valence electrons. The van der Waals surface area contributed by atoms with Crippen LogP contribution in [0.4, 0.5) is 5.69 Å². The lowest BCUT2D eigenvalue weighted by Crippen LogP contribution is -2.32. The molecular formula is C14H20N2O2. The molecule has 1 aliphatic heterocycles. The molecule has 4 nitrogen and oxygen atoms in total. The van der Waals surface area contributed by atoms with Gasteiger partial charge in [-0.25, -0.2) is 0 Å². The Morgan fingerprint density at radius 1 is 1.44 bits per heavy atom. The Morgan fingerprint density at radius 2 is 2.22 bits per heavy atom. The van der Waals surface area contributed by atoms with Crippen molar-refractivity contribution in [1.29, 1.82) is 0 Å². The summed E-state index contributed by atoms with van der Waals surface area (Å²) >= 11 is 0. The van der Waals surface area contributed by atoms with Gasteiger partial charge in [-0.05, 0) is 37.1 Å². The van der Waals surface area contributed by atoms with Crippen LogP contribution in [0.3, 0.4) is 0 Å². The van der Waals surface area contributed by atoms with Gasteiger partial charge < -0.3 is 15.7 Å². The van der Waals surface area contributed by atoms with Crippen molar-refractivity contribution in [2.45, 2.75) is 38.8 Å². The average Bonchev–Trinajstić information content (AvgIpc) is 2.37.